The summed E-state index contributed by atoms with van der Waals surface area (Å²) >= 11 is 3.02. The maximum absolute atomic E-state index is 12.6. The minimum Gasteiger partial charge on any atom is -0.326 e. The number of thioether (sulfide) groups is 2. The highest BCUT2D eigenvalue weighted by Gasteiger charge is 2.16. The molecule has 0 saturated carbocycles. The molecule has 1 aromatic heterocycles. The fourth-order valence-electron chi connectivity index (χ4n) is 3.16. The molecular formula is C25H23N5O2S2. The van der Waals surface area contributed by atoms with Crippen LogP contribution in [0.1, 0.15) is 12.7 Å². The molecule has 2 N–H and O–H groups in total. The quantitative estimate of drug-likeness (QED) is 0.312. The van der Waals surface area contributed by atoms with E-state index in [0.717, 1.165) is 16.4 Å². The smallest absolute Gasteiger partial charge is 0.234 e. The summed E-state index contributed by atoms with van der Waals surface area (Å²) in [5.74, 6) is 1.36. The first-order valence-corrected chi connectivity index (χ1v) is 12.5. The van der Waals surface area contributed by atoms with Gasteiger partial charge in [0.2, 0.25) is 11.8 Å². The Kier molecular flexibility index (Phi) is 8.00. The van der Waals surface area contributed by atoms with E-state index in [2.05, 4.69) is 33.0 Å². The number of carbonyl (C=O) groups is 2. The van der Waals surface area contributed by atoms with Crippen molar-refractivity contribution in [2.24, 2.45) is 0 Å². The van der Waals surface area contributed by atoms with Gasteiger partial charge in [-0.1, -0.05) is 48.2 Å². The van der Waals surface area contributed by atoms with E-state index in [1.165, 1.54) is 18.7 Å². The number of amides is 2. The van der Waals surface area contributed by atoms with Gasteiger partial charge in [-0.3, -0.25) is 14.2 Å². The van der Waals surface area contributed by atoms with Crippen molar-refractivity contribution in [3.8, 4) is 5.69 Å². The van der Waals surface area contributed by atoms with Crippen LogP contribution in [0.5, 0.6) is 0 Å². The van der Waals surface area contributed by atoms with Crippen LogP contribution in [0, 0.1) is 0 Å². The molecule has 0 aliphatic heterocycles. The van der Waals surface area contributed by atoms with Gasteiger partial charge in [-0.2, -0.15) is 0 Å². The summed E-state index contributed by atoms with van der Waals surface area (Å²) in [7, 11) is 0. The zero-order chi connectivity index (χ0) is 23.8. The molecule has 0 fully saturated rings. The molecule has 7 nitrogen and oxygen atoms in total. The highest BCUT2D eigenvalue weighted by atomic mass is 32.2. The molecule has 0 atom stereocenters. The molecule has 3 aromatic carbocycles. The van der Waals surface area contributed by atoms with Crippen LogP contribution < -0.4 is 10.6 Å². The number of anilines is 2. The summed E-state index contributed by atoms with van der Waals surface area (Å²) in [6.07, 6.45) is 0. The number of rotatable bonds is 9. The summed E-state index contributed by atoms with van der Waals surface area (Å²) in [6, 6.07) is 27.0. The second-order valence-corrected chi connectivity index (χ2v) is 9.26. The molecule has 1 heterocycles. The minimum absolute atomic E-state index is 0.141. The Morgan fingerprint density at radius 2 is 1.41 bits per heavy atom. The van der Waals surface area contributed by atoms with E-state index in [-0.39, 0.29) is 17.6 Å². The predicted molar refractivity (Wildman–Crippen MR) is 137 cm³/mol. The van der Waals surface area contributed by atoms with E-state index in [1.54, 1.807) is 36.0 Å². The number of para-hydroxylation sites is 1. The van der Waals surface area contributed by atoms with Crippen molar-refractivity contribution >= 4 is 46.7 Å². The van der Waals surface area contributed by atoms with E-state index < -0.39 is 0 Å². The monoisotopic (exact) mass is 489 g/mol. The number of benzene rings is 3. The third-order valence-corrected chi connectivity index (χ3v) is 6.58. The van der Waals surface area contributed by atoms with Crippen molar-refractivity contribution in [3.63, 3.8) is 0 Å². The van der Waals surface area contributed by atoms with Crippen LogP contribution in [-0.4, -0.2) is 32.3 Å². The van der Waals surface area contributed by atoms with Crippen molar-refractivity contribution in [3.05, 3.63) is 90.8 Å². The molecule has 4 rings (SSSR count). The van der Waals surface area contributed by atoms with Crippen LogP contribution in [0.3, 0.4) is 0 Å². The average Bonchev–Trinajstić information content (AvgIpc) is 3.26. The molecule has 0 radical (unpaired) electrons. The lowest BCUT2D eigenvalue weighted by molar-refractivity contribution is -0.114. The molecule has 0 saturated heterocycles. The van der Waals surface area contributed by atoms with Gasteiger partial charge in [-0.15, -0.1) is 22.0 Å². The van der Waals surface area contributed by atoms with E-state index in [4.69, 9.17) is 0 Å². The van der Waals surface area contributed by atoms with Crippen LogP contribution in [0.25, 0.3) is 5.69 Å². The van der Waals surface area contributed by atoms with E-state index in [0.29, 0.717) is 22.3 Å². The second kappa shape index (κ2) is 11.5. The van der Waals surface area contributed by atoms with Gasteiger partial charge in [0.25, 0.3) is 0 Å². The SMILES string of the molecule is CC(=O)Nc1ccc(NC(=O)CSc2nnc(CSc3ccccc3)n2-c2ccccc2)cc1. The fourth-order valence-corrected chi connectivity index (χ4v) is 4.76. The van der Waals surface area contributed by atoms with Crippen LogP contribution in [0.4, 0.5) is 11.4 Å². The van der Waals surface area contributed by atoms with E-state index >= 15 is 0 Å². The molecule has 9 heteroatoms. The standard InChI is InChI=1S/C25H23N5O2S2/c1-18(31)26-19-12-14-20(15-13-19)27-24(32)17-34-25-29-28-23(16-33-22-10-6-3-7-11-22)30(25)21-8-4-2-5-9-21/h2-15H,16-17H2,1H3,(H,26,31)(H,27,32). The van der Waals surface area contributed by atoms with Crippen LogP contribution >= 0.6 is 23.5 Å². The number of nitrogens with zero attached hydrogens (tertiary/aromatic N) is 3. The van der Waals surface area contributed by atoms with Crippen molar-refractivity contribution in [2.75, 3.05) is 16.4 Å². The van der Waals surface area contributed by atoms with E-state index in [1.807, 2.05) is 53.1 Å². The largest absolute Gasteiger partial charge is 0.326 e. The number of hydrogen-bond donors (Lipinski definition) is 2. The molecule has 0 spiro atoms. The molecule has 0 bridgehead atoms. The Morgan fingerprint density at radius 1 is 0.794 bits per heavy atom. The van der Waals surface area contributed by atoms with Gasteiger partial charge < -0.3 is 10.6 Å². The van der Waals surface area contributed by atoms with Gasteiger partial charge in [-0.25, -0.2) is 0 Å². The van der Waals surface area contributed by atoms with Crippen LogP contribution in [0.15, 0.2) is 95.0 Å². The molecule has 0 unspecified atom stereocenters. The molecule has 172 valence electrons. The van der Waals surface area contributed by atoms with Gasteiger partial charge in [0.15, 0.2) is 5.16 Å². The van der Waals surface area contributed by atoms with Crippen molar-refractivity contribution in [1.82, 2.24) is 14.8 Å². The number of aromatic nitrogens is 3. The van der Waals surface area contributed by atoms with Gasteiger partial charge in [0.1, 0.15) is 5.82 Å². The minimum atomic E-state index is -0.153. The lowest BCUT2D eigenvalue weighted by atomic mass is 10.3. The molecule has 4 aromatic rings. The van der Waals surface area contributed by atoms with Crippen LogP contribution in [0.2, 0.25) is 0 Å². The fraction of sp³-hybridized carbons (Fsp3) is 0.120. The third kappa shape index (κ3) is 6.49. The Hall–Kier alpha value is -3.56. The number of carbonyl (C=O) groups excluding carboxylic acids is 2. The average molecular weight is 490 g/mol. The lowest BCUT2D eigenvalue weighted by Gasteiger charge is -2.10. The maximum atomic E-state index is 12.6. The second-order valence-electron chi connectivity index (χ2n) is 7.27. The number of nitrogens with one attached hydrogen (secondary N) is 2. The zero-order valence-electron chi connectivity index (χ0n) is 18.5. The van der Waals surface area contributed by atoms with Gasteiger partial charge in [0, 0.05) is 28.9 Å². The molecule has 34 heavy (non-hydrogen) atoms. The Morgan fingerprint density at radius 3 is 2.06 bits per heavy atom. The van der Waals surface area contributed by atoms with E-state index in [9.17, 15) is 9.59 Å². The van der Waals surface area contributed by atoms with Crippen molar-refractivity contribution in [2.45, 2.75) is 22.7 Å². The Bertz CT molecular complexity index is 1250. The highest BCUT2D eigenvalue weighted by Crippen LogP contribution is 2.27. The molecule has 0 aliphatic rings. The zero-order valence-corrected chi connectivity index (χ0v) is 20.1. The summed E-state index contributed by atoms with van der Waals surface area (Å²) in [5, 5.41) is 15.0. The van der Waals surface area contributed by atoms with Gasteiger partial charge in [0.05, 0.1) is 11.5 Å². The highest BCUT2D eigenvalue weighted by molar-refractivity contribution is 7.99. The number of hydrogen-bond acceptors (Lipinski definition) is 6. The van der Waals surface area contributed by atoms with Gasteiger partial charge >= 0.3 is 0 Å². The predicted octanol–water partition coefficient (Wildman–Crippen LogP) is 5.25. The first-order chi connectivity index (χ1) is 16.6. The molecule has 0 aliphatic carbocycles. The van der Waals surface area contributed by atoms with Crippen LogP contribution in [-0.2, 0) is 15.3 Å². The summed E-state index contributed by atoms with van der Waals surface area (Å²) in [5.41, 5.74) is 2.29. The summed E-state index contributed by atoms with van der Waals surface area (Å²) in [4.78, 5) is 24.8. The molecule has 2 amide bonds. The third-order valence-electron chi connectivity index (χ3n) is 4.65. The topological polar surface area (TPSA) is 88.9 Å². The first-order valence-electron chi connectivity index (χ1n) is 10.6. The first kappa shape index (κ1) is 23.6. The van der Waals surface area contributed by atoms with Gasteiger partial charge in [-0.05, 0) is 48.5 Å². The molecular weight excluding hydrogens is 466 g/mol. The van der Waals surface area contributed by atoms with Crippen molar-refractivity contribution < 1.29 is 9.59 Å². The Balaban J connectivity index is 1.43. The lowest BCUT2D eigenvalue weighted by Crippen LogP contribution is -2.14. The van der Waals surface area contributed by atoms with Crippen molar-refractivity contribution in [1.29, 1.82) is 0 Å². The normalized spacial score (nSPS) is 10.6. The summed E-state index contributed by atoms with van der Waals surface area (Å²) < 4.78 is 2.00. The summed E-state index contributed by atoms with van der Waals surface area (Å²) in [6.45, 7) is 1.45. The maximum Gasteiger partial charge on any atom is 0.234 e. The Labute approximate surface area is 206 Å².